The highest BCUT2D eigenvalue weighted by atomic mass is 16.5. The van der Waals surface area contributed by atoms with E-state index in [1.807, 2.05) is 24.3 Å². The number of amides is 1. The minimum absolute atomic E-state index is 0.0213. The van der Waals surface area contributed by atoms with Crippen LogP contribution in [0.15, 0.2) is 24.3 Å². The third-order valence-electron chi connectivity index (χ3n) is 4.49. The van der Waals surface area contributed by atoms with E-state index in [2.05, 4.69) is 20.8 Å². The third kappa shape index (κ3) is 6.84. The number of hydrogen-bond donors (Lipinski definition) is 1. The lowest BCUT2D eigenvalue weighted by Crippen LogP contribution is -2.50. The zero-order chi connectivity index (χ0) is 20.0. The van der Waals surface area contributed by atoms with Gasteiger partial charge in [0.15, 0.2) is 6.61 Å². The molecule has 1 N–H and O–H groups in total. The molecule has 1 aliphatic heterocycles. The maximum atomic E-state index is 12.4. The van der Waals surface area contributed by atoms with E-state index in [1.54, 1.807) is 16.8 Å². The van der Waals surface area contributed by atoms with Gasteiger partial charge < -0.3 is 19.5 Å². The Morgan fingerprint density at radius 1 is 1.30 bits per heavy atom. The van der Waals surface area contributed by atoms with Gasteiger partial charge in [-0.05, 0) is 30.2 Å². The second-order valence-electron chi connectivity index (χ2n) is 7.99. The van der Waals surface area contributed by atoms with Crippen LogP contribution >= 0.6 is 0 Å². The average molecular weight is 378 g/mol. The molecule has 27 heavy (non-hydrogen) atoms. The number of nitrogens with zero attached hydrogens (tertiary/aromatic N) is 2. The van der Waals surface area contributed by atoms with Crippen LogP contribution in [0.3, 0.4) is 0 Å². The molecule has 1 amide bonds. The smallest absolute Gasteiger partial charge is 0.317 e. The maximum absolute atomic E-state index is 12.4. The van der Waals surface area contributed by atoms with Crippen molar-refractivity contribution in [3.63, 3.8) is 0 Å². The summed E-state index contributed by atoms with van der Waals surface area (Å²) in [6.07, 6.45) is -0.196. The highest BCUT2D eigenvalue weighted by Crippen LogP contribution is 2.24. The summed E-state index contributed by atoms with van der Waals surface area (Å²) < 4.78 is 11.3. The predicted octanol–water partition coefficient (Wildman–Crippen LogP) is 1.61. The Balaban J connectivity index is 1.82. The first-order valence-electron chi connectivity index (χ1n) is 9.18. The van der Waals surface area contributed by atoms with Gasteiger partial charge in [0.1, 0.15) is 5.75 Å². The molecule has 0 spiro atoms. The summed E-state index contributed by atoms with van der Waals surface area (Å²) in [6, 6.07) is 7.80. The number of carboxylic acid groups (broad SMARTS) is 1. The fourth-order valence-electron chi connectivity index (χ4n) is 2.99. The van der Waals surface area contributed by atoms with Crippen molar-refractivity contribution in [3.05, 3.63) is 29.8 Å². The van der Waals surface area contributed by atoms with Gasteiger partial charge >= 0.3 is 5.97 Å². The van der Waals surface area contributed by atoms with Crippen LogP contribution in [0.2, 0.25) is 0 Å². The Labute approximate surface area is 160 Å². The van der Waals surface area contributed by atoms with E-state index >= 15 is 0 Å². The Kier molecular flexibility index (Phi) is 7.21. The Morgan fingerprint density at radius 2 is 1.96 bits per heavy atom. The van der Waals surface area contributed by atoms with Gasteiger partial charge in [-0.25, -0.2) is 0 Å². The van der Waals surface area contributed by atoms with Gasteiger partial charge in [-0.1, -0.05) is 32.9 Å². The molecule has 7 heteroatoms. The van der Waals surface area contributed by atoms with E-state index in [-0.39, 0.29) is 30.6 Å². The number of likely N-dealkylation sites (N-methyl/N-ethyl adjacent to an activating group) is 1. The highest BCUT2D eigenvalue weighted by Gasteiger charge is 2.25. The van der Waals surface area contributed by atoms with Crippen molar-refractivity contribution in [1.82, 2.24) is 9.80 Å². The fraction of sp³-hybridized carbons (Fsp3) is 0.600. The van der Waals surface area contributed by atoms with Crippen molar-refractivity contribution >= 4 is 11.9 Å². The minimum atomic E-state index is -0.882. The van der Waals surface area contributed by atoms with Crippen molar-refractivity contribution in [2.24, 2.45) is 0 Å². The highest BCUT2D eigenvalue weighted by molar-refractivity contribution is 5.78. The molecule has 1 heterocycles. The Morgan fingerprint density at radius 3 is 2.56 bits per heavy atom. The van der Waals surface area contributed by atoms with Gasteiger partial charge in [0.25, 0.3) is 5.91 Å². The van der Waals surface area contributed by atoms with Crippen LogP contribution in [-0.4, -0.2) is 79.3 Å². The van der Waals surface area contributed by atoms with Crippen molar-refractivity contribution in [2.75, 3.05) is 46.4 Å². The van der Waals surface area contributed by atoms with E-state index in [0.29, 0.717) is 32.0 Å². The van der Waals surface area contributed by atoms with Crippen molar-refractivity contribution in [3.8, 4) is 5.75 Å². The van der Waals surface area contributed by atoms with E-state index < -0.39 is 5.97 Å². The summed E-state index contributed by atoms with van der Waals surface area (Å²) in [7, 11) is 1.72. The quantitative estimate of drug-likeness (QED) is 0.777. The molecule has 1 saturated heterocycles. The molecule has 1 aliphatic rings. The molecule has 1 unspecified atom stereocenters. The van der Waals surface area contributed by atoms with Gasteiger partial charge in [-0.3, -0.25) is 14.5 Å². The normalized spacial score (nSPS) is 17.8. The summed E-state index contributed by atoms with van der Waals surface area (Å²) in [6.45, 7) is 8.23. The maximum Gasteiger partial charge on any atom is 0.317 e. The molecule has 1 aromatic rings. The van der Waals surface area contributed by atoms with E-state index in [4.69, 9.17) is 14.6 Å². The molecule has 0 aliphatic carbocycles. The molecule has 0 bridgehead atoms. The molecule has 0 saturated carbocycles. The van der Waals surface area contributed by atoms with Gasteiger partial charge in [0.2, 0.25) is 0 Å². The summed E-state index contributed by atoms with van der Waals surface area (Å²) >= 11 is 0. The SMILES string of the molecule is CN(CC(=O)O)CC1CN(C(=O)COc2ccc(C(C)(C)C)cc2)CCO1. The second-order valence-corrected chi connectivity index (χ2v) is 7.99. The molecule has 150 valence electrons. The minimum Gasteiger partial charge on any atom is -0.484 e. The van der Waals surface area contributed by atoms with Crippen LogP contribution in [0.5, 0.6) is 5.75 Å². The largest absolute Gasteiger partial charge is 0.484 e. The fourth-order valence-corrected chi connectivity index (χ4v) is 2.99. The molecule has 1 fully saturated rings. The van der Waals surface area contributed by atoms with Gasteiger partial charge in [0, 0.05) is 19.6 Å². The number of hydrogen-bond acceptors (Lipinski definition) is 5. The van der Waals surface area contributed by atoms with E-state index in [1.165, 1.54) is 5.56 Å². The summed E-state index contributed by atoms with van der Waals surface area (Å²) in [4.78, 5) is 26.6. The number of aliphatic carboxylic acids is 1. The number of carbonyl (C=O) groups excluding carboxylic acids is 1. The first-order valence-corrected chi connectivity index (χ1v) is 9.18. The second kappa shape index (κ2) is 9.19. The Bertz CT molecular complexity index is 639. The molecule has 2 rings (SSSR count). The van der Waals surface area contributed by atoms with Gasteiger partial charge in [-0.15, -0.1) is 0 Å². The lowest BCUT2D eigenvalue weighted by Gasteiger charge is -2.34. The molecular formula is C20H30N2O5. The predicted molar refractivity (Wildman–Crippen MR) is 102 cm³/mol. The van der Waals surface area contributed by atoms with Crippen LogP contribution in [0.4, 0.5) is 0 Å². The molecule has 1 atom stereocenters. The van der Waals surface area contributed by atoms with Crippen LogP contribution in [0.1, 0.15) is 26.3 Å². The molecule has 0 aromatic heterocycles. The molecule has 1 aromatic carbocycles. The van der Waals surface area contributed by atoms with Gasteiger partial charge in [0.05, 0.1) is 19.3 Å². The number of ether oxygens (including phenoxy) is 2. The van der Waals surface area contributed by atoms with Crippen molar-refractivity contribution in [1.29, 1.82) is 0 Å². The number of morpholine rings is 1. The van der Waals surface area contributed by atoms with Crippen LogP contribution in [0.25, 0.3) is 0 Å². The summed E-state index contributed by atoms with van der Waals surface area (Å²) in [5.41, 5.74) is 1.29. The Hall–Kier alpha value is -2.12. The summed E-state index contributed by atoms with van der Waals surface area (Å²) in [5.74, 6) is -0.307. The van der Waals surface area contributed by atoms with Crippen molar-refractivity contribution in [2.45, 2.75) is 32.3 Å². The first-order chi connectivity index (χ1) is 12.6. The zero-order valence-corrected chi connectivity index (χ0v) is 16.6. The lowest BCUT2D eigenvalue weighted by atomic mass is 9.87. The van der Waals surface area contributed by atoms with Gasteiger partial charge in [-0.2, -0.15) is 0 Å². The topological polar surface area (TPSA) is 79.3 Å². The van der Waals surface area contributed by atoms with Crippen molar-refractivity contribution < 1.29 is 24.2 Å². The summed E-state index contributed by atoms with van der Waals surface area (Å²) in [5, 5.41) is 8.83. The third-order valence-corrected chi connectivity index (χ3v) is 4.49. The molecule has 0 radical (unpaired) electrons. The van der Waals surface area contributed by atoms with Crippen LogP contribution in [-0.2, 0) is 19.7 Å². The standard InChI is InChI=1S/C20H30N2O5/c1-20(2,3)15-5-7-16(8-6-15)27-14-18(23)22-9-10-26-17(12-22)11-21(4)13-19(24)25/h5-8,17H,9-14H2,1-4H3,(H,24,25). The van der Waals surface area contributed by atoms with E-state index in [9.17, 15) is 9.59 Å². The van der Waals surface area contributed by atoms with E-state index in [0.717, 1.165) is 0 Å². The monoisotopic (exact) mass is 378 g/mol. The molecule has 7 nitrogen and oxygen atoms in total. The number of carboxylic acids is 1. The number of benzene rings is 1. The van der Waals surface area contributed by atoms with Crippen LogP contribution in [0, 0.1) is 0 Å². The van der Waals surface area contributed by atoms with Crippen LogP contribution < -0.4 is 4.74 Å². The number of rotatable bonds is 7. The number of carbonyl (C=O) groups is 2. The molecular weight excluding hydrogens is 348 g/mol. The first kappa shape index (κ1) is 21.2. The lowest BCUT2D eigenvalue weighted by molar-refractivity contribution is -0.143. The zero-order valence-electron chi connectivity index (χ0n) is 16.6. The average Bonchev–Trinajstić information content (AvgIpc) is 2.58.